The van der Waals surface area contributed by atoms with Gasteiger partial charge in [0.05, 0.1) is 24.3 Å². The maximum Gasteiger partial charge on any atom is 0.271 e. The third-order valence-corrected chi connectivity index (χ3v) is 7.17. The highest BCUT2D eigenvalue weighted by Crippen LogP contribution is 2.19. The van der Waals surface area contributed by atoms with Crippen LogP contribution in [0, 0.1) is 0 Å². The van der Waals surface area contributed by atoms with E-state index in [1.54, 1.807) is 12.1 Å². The molecule has 1 aliphatic heterocycles. The molecule has 3 rings (SSSR count). The number of amides is 1. The number of nitrogens with zero attached hydrogens (tertiary/aromatic N) is 2. The second-order valence-corrected chi connectivity index (χ2v) is 9.21. The molecule has 1 aromatic heterocycles. The molecule has 0 aliphatic carbocycles. The number of benzene rings is 1. The van der Waals surface area contributed by atoms with Gasteiger partial charge in [-0.1, -0.05) is 6.07 Å². The molecule has 1 N–H and O–H groups in total. The zero-order valence-electron chi connectivity index (χ0n) is 13.6. The summed E-state index contributed by atoms with van der Waals surface area (Å²) in [5.74, 6) is -0.476. The van der Waals surface area contributed by atoms with E-state index in [-0.39, 0.29) is 10.5 Å². The number of morpholine rings is 1. The van der Waals surface area contributed by atoms with E-state index in [0.29, 0.717) is 26.3 Å². The molecule has 1 aromatic carbocycles. The third kappa shape index (κ3) is 4.57. The Hall–Kier alpha value is -1.59. The van der Waals surface area contributed by atoms with Gasteiger partial charge in [-0.15, -0.1) is 11.3 Å². The van der Waals surface area contributed by atoms with Gasteiger partial charge in [-0.05, 0) is 40.2 Å². The number of carbonyl (C=O) groups excluding carboxylic acids is 1. The van der Waals surface area contributed by atoms with E-state index in [2.05, 4.69) is 26.5 Å². The Morgan fingerprint density at radius 1 is 1.31 bits per heavy atom. The Morgan fingerprint density at radius 3 is 2.77 bits per heavy atom. The summed E-state index contributed by atoms with van der Waals surface area (Å²) < 4.78 is 32.8. The number of rotatable bonds is 5. The average Bonchev–Trinajstić information content (AvgIpc) is 3.07. The molecule has 10 heteroatoms. The van der Waals surface area contributed by atoms with Gasteiger partial charge in [-0.25, -0.2) is 13.8 Å². The SMILES string of the molecule is O=C(N/N=C/c1cc(Br)cs1)c1cccc(S(=O)(=O)N2CCOCC2)c1. The highest BCUT2D eigenvalue weighted by molar-refractivity contribution is 9.10. The smallest absolute Gasteiger partial charge is 0.271 e. The van der Waals surface area contributed by atoms with Gasteiger partial charge < -0.3 is 4.74 Å². The largest absolute Gasteiger partial charge is 0.379 e. The van der Waals surface area contributed by atoms with Crippen LogP contribution in [0.3, 0.4) is 0 Å². The Bertz CT molecular complexity index is 921. The quantitative estimate of drug-likeness (QED) is 0.550. The molecule has 26 heavy (non-hydrogen) atoms. The van der Waals surface area contributed by atoms with Crippen LogP contribution in [0.4, 0.5) is 0 Å². The molecule has 7 nitrogen and oxygen atoms in total. The van der Waals surface area contributed by atoms with Crippen molar-refractivity contribution in [1.29, 1.82) is 0 Å². The van der Waals surface area contributed by atoms with Crippen LogP contribution < -0.4 is 5.43 Å². The lowest BCUT2D eigenvalue weighted by Crippen LogP contribution is -2.40. The van der Waals surface area contributed by atoms with Crippen molar-refractivity contribution in [2.24, 2.45) is 5.10 Å². The minimum absolute atomic E-state index is 0.0817. The molecular weight excluding hydrogens is 442 g/mol. The van der Waals surface area contributed by atoms with E-state index in [0.717, 1.165) is 9.35 Å². The average molecular weight is 458 g/mol. The van der Waals surface area contributed by atoms with Crippen LogP contribution in [0.2, 0.25) is 0 Å². The molecule has 1 amide bonds. The van der Waals surface area contributed by atoms with Gasteiger partial charge in [0.1, 0.15) is 0 Å². The minimum Gasteiger partial charge on any atom is -0.379 e. The fourth-order valence-electron chi connectivity index (χ4n) is 2.35. The normalized spacial score (nSPS) is 16.0. The second-order valence-electron chi connectivity index (χ2n) is 5.41. The Balaban J connectivity index is 1.71. The summed E-state index contributed by atoms with van der Waals surface area (Å²) in [5.41, 5.74) is 2.63. The Labute approximate surface area is 163 Å². The maximum atomic E-state index is 12.7. The molecule has 0 spiro atoms. The molecule has 0 radical (unpaired) electrons. The summed E-state index contributed by atoms with van der Waals surface area (Å²) in [5, 5.41) is 5.81. The van der Waals surface area contributed by atoms with E-state index >= 15 is 0 Å². The van der Waals surface area contributed by atoms with Crippen molar-refractivity contribution < 1.29 is 17.9 Å². The molecule has 1 saturated heterocycles. The summed E-state index contributed by atoms with van der Waals surface area (Å²) in [6.45, 7) is 1.35. The van der Waals surface area contributed by atoms with E-state index < -0.39 is 15.9 Å². The van der Waals surface area contributed by atoms with Crippen molar-refractivity contribution in [3.63, 3.8) is 0 Å². The van der Waals surface area contributed by atoms with Crippen molar-refractivity contribution in [3.8, 4) is 0 Å². The number of ether oxygens (including phenoxy) is 1. The van der Waals surface area contributed by atoms with E-state index in [1.165, 1.54) is 34.0 Å². The van der Waals surface area contributed by atoms with Crippen molar-refractivity contribution in [1.82, 2.24) is 9.73 Å². The molecule has 138 valence electrons. The van der Waals surface area contributed by atoms with Crippen LogP contribution in [0.5, 0.6) is 0 Å². The molecule has 2 aromatic rings. The van der Waals surface area contributed by atoms with Gasteiger partial charge in [-0.3, -0.25) is 4.79 Å². The zero-order chi connectivity index (χ0) is 18.6. The van der Waals surface area contributed by atoms with Crippen molar-refractivity contribution in [3.05, 3.63) is 50.6 Å². The van der Waals surface area contributed by atoms with Crippen LogP contribution in [0.15, 0.2) is 50.2 Å². The van der Waals surface area contributed by atoms with Gasteiger partial charge in [0.2, 0.25) is 10.0 Å². The van der Waals surface area contributed by atoms with Crippen molar-refractivity contribution in [2.75, 3.05) is 26.3 Å². The lowest BCUT2D eigenvalue weighted by molar-refractivity contribution is 0.0730. The third-order valence-electron chi connectivity index (χ3n) is 3.65. The topological polar surface area (TPSA) is 88.1 Å². The summed E-state index contributed by atoms with van der Waals surface area (Å²) >= 11 is 4.82. The Kier molecular flexibility index (Phi) is 6.20. The van der Waals surface area contributed by atoms with Gasteiger partial charge in [0.15, 0.2) is 0 Å². The van der Waals surface area contributed by atoms with E-state index in [4.69, 9.17) is 4.74 Å². The highest BCUT2D eigenvalue weighted by Gasteiger charge is 2.26. The summed E-state index contributed by atoms with van der Waals surface area (Å²) in [6.07, 6.45) is 1.53. The van der Waals surface area contributed by atoms with Gasteiger partial charge in [0.25, 0.3) is 5.91 Å². The lowest BCUT2D eigenvalue weighted by atomic mass is 10.2. The van der Waals surface area contributed by atoms with Crippen molar-refractivity contribution >= 4 is 49.4 Å². The van der Waals surface area contributed by atoms with Crippen LogP contribution >= 0.6 is 27.3 Å². The van der Waals surface area contributed by atoms with Crippen LogP contribution in [0.25, 0.3) is 0 Å². The number of hydrogen-bond acceptors (Lipinski definition) is 6. The predicted octanol–water partition coefficient (Wildman–Crippen LogP) is 2.30. The van der Waals surface area contributed by atoms with E-state index in [1.807, 2.05) is 11.4 Å². The first-order valence-corrected chi connectivity index (χ1v) is 10.8. The molecule has 0 unspecified atom stereocenters. The fraction of sp³-hybridized carbons (Fsp3) is 0.250. The van der Waals surface area contributed by atoms with Gasteiger partial charge in [-0.2, -0.15) is 9.41 Å². The number of nitrogens with one attached hydrogen (secondary N) is 1. The fourth-order valence-corrected chi connectivity index (χ4v) is 5.11. The first kappa shape index (κ1) is 19.2. The standard InChI is InChI=1S/C16H16BrN3O4S2/c17-13-9-14(25-11-13)10-18-19-16(21)12-2-1-3-15(8-12)26(22,23)20-4-6-24-7-5-20/h1-3,8-11H,4-7H2,(H,19,21)/b18-10+. The maximum absolute atomic E-state index is 12.7. The minimum atomic E-state index is -3.65. The molecule has 1 fully saturated rings. The molecule has 0 atom stereocenters. The highest BCUT2D eigenvalue weighted by atomic mass is 79.9. The summed E-state index contributed by atoms with van der Waals surface area (Å²) in [4.78, 5) is 13.2. The molecule has 2 heterocycles. The molecule has 1 aliphatic rings. The molecular formula is C16H16BrN3O4S2. The van der Waals surface area contributed by atoms with Crippen LogP contribution in [-0.2, 0) is 14.8 Å². The van der Waals surface area contributed by atoms with Gasteiger partial charge in [0, 0.05) is 33.4 Å². The number of halogens is 1. The summed E-state index contributed by atoms with van der Waals surface area (Å²) in [6, 6.07) is 7.80. The lowest BCUT2D eigenvalue weighted by Gasteiger charge is -2.26. The number of thiophene rings is 1. The monoisotopic (exact) mass is 457 g/mol. The van der Waals surface area contributed by atoms with E-state index in [9.17, 15) is 13.2 Å². The number of sulfonamides is 1. The first-order valence-electron chi connectivity index (χ1n) is 7.72. The number of carbonyl (C=O) groups is 1. The first-order chi connectivity index (χ1) is 12.5. The molecule has 0 bridgehead atoms. The zero-order valence-corrected chi connectivity index (χ0v) is 16.8. The van der Waals surface area contributed by atoms with Crippen molar-refractivity contribution in [2.45, 2.75) is 4.90 Å². The second kappa shape index (κ2) is 8.40. The van der Waals surface area contributed by atoms with Gasteiger partial charge >= 0.3 is 0 Å². The Morgan fingerprint density at radius 2 is 2.08 bits per heavy atom. The number of hydrogen-bond donors (Lipinski definition) is 1. The van der Waals surface area contributed by atoms with Crippen LogP contribution in [-0.4, -0.2) is 51.1 Å². The number of hydrazone groups is 1. The summed E-state index contributed by atoms with van der Waals surface area (Å²) in [7, 11) is -3.65. The predicted molar refractivity (Wildman–Crippen MR) is 103 cm³/mol. The molecule has 0 saturated carbocycles. The van der Waals surface area contributed by atoms with Crippen LogP contribution in [0.1, 0.15) is 15.2 Å².